The molecule has 6 heteroatoms. The van der Waals surface area contributed by atoms with Crippen molar-refractivity contribution in [3.63, 3.8) is 0 Å². The molecule has 4 rings (SSSR count). The van der Waals surface area contributed by atoms with E-state index in [0.29, 0.717) is 18.0 Å². The molecule has 1 aliphatic heterocycles. The molecule has 29 heavy (non-hydrogen) atoms. The zero-order chi connectivity index (χ0) is 20.1. The Kier molecular flexibility index (Phi) is 5.52. The molecule has 0 unspecified atom stereocenters. The summed E-state index contributed by atoms with van der Waals surface area (Å²) in [4.78, 5) is 31.0. The highest BCUT2D eigenvalue weighted by Crippen LogP contribution is 2.27. The van der Waals surface area contributed by atoms with Crippen molar-refractivity contribution in [3.8, 4) is 11.5 Å². The second-order valence-corrected chi connectivity index (χ2v) is 6.64. The number of nitrogens with zero attached hydrogens (tertiary/aromatic N) is 2. The minimum absolute atomic E-state index is 0.240. The van der Waals surface area contributed by atoms with Gasteiger partial charge >= 0.3 is 5.97 Å². The molecule has 0 aliphatic carbocycles. The highest BCUT2D eigenvalue weighted by molar-refractivity contribution is 5.98. The number of fused-ring (bicyclic) bond motifs is 1. The second-order valence-electron chi connectivity index (χ2n) is 6.64. The lowest BCUT2D eigenvalue weighted by molar-refractivity contribution is -0.121. The van der Waals surface area contributed by atoms with E-state index >= 15 is 0 Å². The van der Waals surface area contributed by atoms with Gasteiger partial charge in [0.05, 0.1) is 6.20 Å². The van der Waals surface area contributed by atoms with Gasteiger partial charge in [-0.3, -0.25) is 9.78 Å². The minimum Gasteiger partial charge on any atom is -0.455 e. The molecule has 0 bridgehead atoms. The molecule has 0 radical (unpaired) electrons. The SMILES string of the molecule is O=C(OCC(=O)N1CCCc2ccccc21)c1ccccc1Oc1cccnc1. The number of rotatable bonds is 5. The molecule has 0 saturated carbocycles. The maximum atomic E-state index is 12.7. The number of anilines is 1. The highest BCUT2D eigenvalue weighted by atomic mass is 16.5. The van der Waals surface area contributed by atoms with Gasteiger partial charge < -0.3 is 14.4 Å². The van der Waals surface area contributed by atoms with E-state index in [-0.39, 0.29) is 18.1 Å². The molecule has 1 aromatic heterocycles. The van der Waals surface area contributed by atoms with Gasteiger partial charge in [-0.05, 0) is 48.7 Å². The zero-order valence-corrected chi connectivity index (χ0v) is 15.8. The van der Waals surface area contributed by atoms with Crippen molar-refractivity contribution in [1.82, 2.24) is 4.98 Å². The summed E-state index contributed by atoms with van der Waals surface area (Å²) in [6, 6.07) is 18.1. The number of pyridine rings is 1. The molecule has 1 amide bonds. The summed E-state index contributed by atoms with van der Waals surface area (Å²) in [6.07, 6.45) is 5.02. The average molecular weight is 388 g/mol. The number of aromatic nitrogens is 1. The van der Waals surface area contributed by atoms with E-state index in [0.717, 1.165) is 24.1 Å². The van der Waals surface area contributed by atoms with Gasteiger partial charge in [-0.25, -0.2) is 4.79 Å². The number of hydrogen-bond donors (Lipinski definition) is 0. The molecular weight excluding hydrogens is 368 g/mol. The first-order chi connectivity index (χ1) is 14.2. The van der Waals surface area contributed by atoms with Gasteiger partial charge in [-0.2, -0.15) is 0 Å². The summed E-state index contributed by atoms with van der Waals surface area (Å²) in [5.41, 5.74) is 2.27. The van der Waals surface area contributed by atoms with Crippen LogP contribution in [0.3, 0.4) is 0 Å². The maximum absolute atomic E-state index is 12.7. The zero-order valence-electron chi connectivity index (χ0n) is 15.8. The van der Waals surface area contributed by atoms with Crippen LogP contribution in [0, 0.1) is 0 Å². The van der Waals surface area contributed by atoms with Crippen LogP contribution < -0.4 is 9.64 Å². The van der Waals surface area contributed by atoms with Crippen LogP contribution in [0.15, 0.2) is 73.1 Å². The number of aryl methyl sites for hydroxylation is 1. The first-order valence-corrected chi connectivity index (χ1v) is 9.44. The molecule has 0 fully saturated rings. The van der Waals surface area contributed by atoms with E-state index in [1.54, 1.807) is 53.7 Å². The Morgan fingerprint density at radius 1 is 1.00 bits per heavy atom. The Labute approximate surface area is 168 Å². The summed E-state index contributed by atoms with van der Waals surface area (Å²) in [7, 11) is 0. The summed E-state index contributed by atoms with van der Waals surface area (Å²) in [5.74, 6) is 0.00862. The van der Waals surface area contributed by atoms with E-state index in [2.05, 4.69) is 4.98 Å². The predicted octanol–water partition coefficient (Wildman–Crippen LogP) is 4.01. The van der Waals surface area contributed by atoms with Gasteiger partial charge in [0, 0.05) is 18.4 Å². The first-order valence-electron chi connectivity index (χ1n) is 9.44. The van der Waals surface area contributed by atoms with E-state index < -0.39 is 5.97 Å². The number of esters is 1. The van der Waals surface area contributed by atoms with E-state index in [9.17, 15) is 9.59 Å². The third-order valence-electron chi connectivity index (χ3n) is 4.71. The molecule has 0 atom stereocenters. The molecule has 2 heterocycles. The van der Waals surface area contributed by atoms with Gasteiger partial charge in [0.1, 0.15) is 17.1 Å². The number of benzene rings is 2. The minimum atomic E-state index is -0.608. The quantitative estimate of drug-likeness (QED) is 0.618. The predicted molar refractivity (Wildman–Crippen MR) is 108 cm³/mol. The van der Waals surface area contributed by atoms with Crippen LogP contribution in [0.25, 0.3) is 0 Å². The fourth-order valence-electron chi connectivity index (χ4n) is 3.33. The lowest BCUT2D eigenvalue weighted by Crippen LogP contribution is -2.38. The van der Waals surface area contributed by atoms with E-state index in [1.807, 2.05) is 24.3 Å². The monoisotopic (exact) mass is 388 g/mol. The number of para-hydroxylation sites is 2. The first kappa shape index (κ1) is 18.7. The fourth-order valence-corrected chi connectivity index (χ4v) is 3.33. The smallest absolute Gasteiger partial charge is 0.342 e. The van der Waals surface area contributed by atoms with E-state index in [1.165, 1.54) is 0 Å². The average Bonchev–Trinajstić information content (AvgIpc) is 2.78. The molecule has 1 aliphatic rings. The van der Waals surface area contributed by atoms with Crippen LogP contribution in [-0.4, -0.2) is 30.0 Å². The van der Waals surface area contributed by atoms with Crippen LogP contribution in [0.1, 0.15) is 22.3 Å². The Bertz CT molecular complexity index is 1020. The van der Waals surface area contributed by atoms with Crippen LogP contribution in [0.2, 0.25) is 0 Å². The van der Waals surface area contributed by atoms with Crippen LogP contribution >= 0.6 is 0 Å². The summed E-state index contributed by atoms with van der Waals surface area (Å²) >= 11 is 0. The number of ether oxygens (including phenoxy) is 2. The second kappa shape index (κ2) is 8.56. The van der Waals surface area contributed by atoms with Crippen molar-refractivity contribution in [2.45, 2.75) is 12.8 Å². The third kappa shape index (κ3) is 4.27. The van der Waals surface area contributed by atoms with Crippen molar-refractivity contribution in [2.24, 2.45) is 0 Å². The van der Waals surface area contributed by atoms with Crippen LogP contribution in [0.4, 0.5) is 5.69 Å². The standard InChI is InChI=1S/C23H20N2O4/c26-22(25-14-6-8-17-7-1-3-11-20(17)25)16-28-23(27)19-10-2-4-12-21(19)29-18-9-5-13-24-15-18/h1-5,7,9-13,15H,6,8,14,16H2. The Morgan fingerprint density at radius 3 is 2.69 bits per heavy atom. The van der Waals surface area contributed by atoms with Gasteiger partial charge in [0.2, 0.25) is 0 Å². The van der Waals surface area contributed by atoms with Crippen molar-refractivity contribution < 1.29 is 19.1 Å². The third-order valence-corrected chi connectivity index (χ3v) is 4.71. The van der Waals surface area contributed by atoms with Gasteiger partial charge in [-0.1, -0.05) is 30.3 Å². The van der Waals surface area contributed by atoms with Crippen molar-refractivity contribution in [3.05, 3.63) is 84.2 Å². The number of amides is 1. The molecule has 2 aromatic carbocycles. The number of carbonyl (C=O) groups is 2. The number of carbonyl (C=O) groups excluding carboxylic acids is 2. The summed E-state index contributed by atoms with van der Waals surface area (Å²) in [6.45, 7) is 0.294. The lowest BCUT2D eigenvalue weighted by atomic mass is 10.0. The summed E-state index contributed by atoms with van der Waals surface area (Å²) in [5, 5.41) is 0. The van der Waals surface area contributed by atoms with Gasteiger partial charge in [-0.15, -0.1) is 0 Å². The lowest BCUT2D eigenvalue weighted by Gasteiger charge is -2.29. The van der Waals surface area contributed by atoms with Gasteiger partial charge in [0.25, 0.3) is 5.91 Å². The normalized spacial score (nSPS) is 12.8. The molecule has 3 aromatic rings. The Morgan fingerprint density at radius 2 is 1.83 bits per heavy atom. The molecule has 0 spiro atoms. The van der Waals surface area contributed by atoms with E-state index in [4.69, 9.17) is 9.47 Å². The van der Waals surface area contributed by atoms with Gasteiger partial charge in [0.15, 0.2) is 6.61 Å². The molecule has 6 nitrogen and oxygen atoms in total. The van der Waals surface area contributed by atoms with Crippen molar-refractivity contribution in [2.75, 3.05) is 18.1 Å². The molecule has 0 saturated heterocycles. The fraction of sp³-hybridized carbons (Fsp3) is 0.174. The molecular formula is C23H20N2O4. The van der Waals surface area contributed by atoms with Crippen LogP contribution in [0.5, 0.6) is 11.5 Å². The Balaban J connectivity index is 1.44. The van der Waals surface area contributed by atoms with Crippen LogP contribution in [-0.2, 0) is 16.0 Å². The number of hydrogen-bond acceptors (Lipinski definition) is 5. The molecule has 0 N–H and O–H groups in total. The van der Waals surface area contributed by atoms with Crippen molar-refractivity contribution >= 4 is 17.6 Å². The van der Waals surface area contributed by atoms with Crippen molar-refractivity contribution in [1.29, 1.82) is 0 Å². The maximum Gasteiger partial charge on any atom is 0.342 e. The largest absolute Gasteiger partial charge is 0.455 e. The highest BCUT2D eigenvalue weighted by Gasteiger charge is 2.24. The molecule has 146 valence electrons. The summed E-state index contributed by atoms with van der Waals surface area (Å²) < 4.78 is 11.1. The Hall–Kier alpha value is -3.67. The topological polar surface area (TPSA) is 68.7 Å².